The van der Waals surface area contributed by atoms with Crippen LogP contribution in [0.1, 0.15) is 42.1 Å². The normalized spacial score (nSPS) is 14.5. The number of carbonyl (C=O) groups excluding carboxylic acids is 1. The number of esters is 1. The molecular weight excluding hydrogens is 628 g/mol. The second-order valence-electron chi connectivity index (χ2n) is 10.0. The Morgan fingerprint density at radius 1 is 1.16 bits per heavy atom. The Labute approximate surface area is 261 Å². The van der Waals surface area contributed by atoms with Gasteiger partial charge in [-0.15, -0.1) is 0 Å². The minimum Gasteiger partial charge on any atom is -0.488 e. The Kier molecular flexibility index (Phi) is 8.94. The Balaban J connectivity index is 1.52. The zero-order valence-corrected chi connectivity index (χ0v) is 26.5. The summed E-state index contributed by atoms with van der Waals surface area (Å²) in [6.07, 6.45) is 1.80. The van der Waals surface area contributed by atoms with Gasteiger partial charge in [-0.05, 0) is 77.3 Å². The number of anilines is 1. The third-order valence-electron chi connectivity index (χ3n) is 7.02. The van der Waals surface area contributed by atoms with E-state index in [-0.39, 0.29) is 18.8 Å². The lowest BCUT2D eigenvalue weighted by Crippen LogP contribution is -2.39. The molecule has 1 aliphatic heterocycles. The minimum absolute atomic E-state index is 0.214. The molecule has 1 aliphatic rings. The fourth-order valence-corrected chi connectivity index (χ4v) is 6.41. The molecule has 0 radical (unpaired) electrons. The maximum absolute atomic E-state index is 13.9. The van der Waals surface area contributed by atoms with Crippen molar-refractivity contribution in [2.75, 3.05) is 25.6 Å². The number of hydrogen-bond acceptors (Lipinski definition) is 8. The highest BCUT2D eigenvalue weighted by Crippen LogP contribution is 2.32. The Morgan fingerprint density at radius 3 is 2.58 bits per heavy atom. The van der Waals surface area contributed by atoms with Gasteiger partial charge < -0.3 is 14.4 Å². The van der Waals surface area contributed by atoms with Crippen LogP contribution < -0.4 is 24.5 Å². The number of thiazole rings is 1. The molecule has 0 fully saturated rings. The average Bonchev–Trinajstić information content (AvgIpc) is 3.30. The lowest BCUT2D eigenvalue weighted by Gasteiger charge is -2.25. The van der Waals surface area contributed by atoms with Crippen LogP contribution in [0.2, 0.25) is 0 Å². The molecular formula is C33H29BrN4O4S. The molecule has 10 heteroatoms. The molecule has 0 saturated heterocycles. The van der Waals surface area contributed by atoms with Gasteiger partial charge in [-0.2, -0.15) is 5.26 Å². The molecule has 0 spiro atoms. The summed E-state index contributed by atoms with van der Waals surface area (Å²) in [6, 6.07) is 22.2. The highest BCUT2D eigenvalue weighted by molar-refractivity contribution is 9.10. The number of benzene rings is 3. The Morgan fingerprint density at radius 2 is 1.91 bits per heavy atom. The highest BCUT2D eigenvalue weighted by Gasteiger charge is 2.33. The summed E-state index contributed by atoms with van der Waals surface area (Å²) in [4.78, 5) is 34.2. The van der Waals surface area contributed by atoms with Gasteiger partial charge in [0, 0.05) is 25.3 Å². The molecule has 1 aromatic heterocycles. The Hall–Kier alpha value is -4.46. The number of nitrogens with zero attached hydrogens (tertiary/aromatic N) is 4. The van der Waals surface area contributed by atoms with Crippen molar-refractivity contribution < 1.29 is 14.3 Å². The van der Waals surface area contributed by atoms with Crippen molar-refractivity contribution >= 4 is 45.0 Å². The molecule has 0 unspecified atom stereocenters. The fraction of sp³-hybridized carbons (Fsp3) is 0.212. The van der Waals surface area contributed by atoms with Gasteiger partial charge in [-0.1, -0.05) is 47.7 Å². The molecule has 0 bridgehead atoms. The molecule has 2 heterocycles. The zero-order valence-electron chi connectivity index (χ0n) is 24.1. The highest BCUT2D eigenvalue weighted by atomic mass is 79.9. The molecule has 3 aromatic carbocycles. The third-order valence-corrected chi connectivity index (χ3v) is 8.62. The van der Waals surface area contributed by atoms with Gasteiger partial charge in [0.15, 0.2) is 4.80 Å². The van der Waals surface area contributed by atoms with Crippen LogP contribution in [0.15, 0.2) is 92.3 Å². The van der Waals surface area contributed by atoms with Crippen LogP contribution in [0.3, 0.4) is 0 Å². The van der Waals surface area contributed by atoms with Crippen LogP contribution in [-0.4, -0.2) is 31.2 Å². The molecule has 218 valence electrons. The first-order chi connectivity index (χ1) is 20.7. The van der Waals surface area contributed by atoms with E-state index in [0.717, 1.165) is 22.4 Å². The number of allylic oxidation sites excluding steroid dienone is 1. The van der Waals surface area contributed by atoms with Gasteiger partial charge in [0.05, 0.1) is 44.6 Å². The van der Waals surface area contributed by atoms with Crippen molar-refractivity contribution in [3.05, 3.63) is 124 Å². The van der Waals surface area contributed by atoms with Crippen LogP contribution in [-0.2, 0) is 16.1 Å². The topological polar surface area (TPSA) is 96.9 Å². The van der Waals surface area contributed by atoms with Crippen LogP contribution in [0.4, 0.5) is 5.69 Å². The van der Waals surface area contributed by atoms with Crippen LogP contribution >= 0.6 is 27.3 Å². The van der Waals surface area contributed by atoms with E-state index in [1.807, 2.05) is 79.7 Å². The maximum Gasteiger partial charge on any atom is 0.338 e. The second kappa shape index (κ2) is 12.8. The van der Waals surface area contributed by atoms with Crippen molar-refractivity contribution in [2.24, 2.45) is 4.99 Å². The molecule has 0 aliphatic carbocycles. The lowest BCUT2D eigenvalue weighted by molar-refractivity contribution is -0.139. The predicted molar refractivity (Wildman–Crippen MR) is 171 cm³/mol. The van der Waals surface area contributed by atoms with E-state index in [9.17, 15) is 14.9 Å². The summed E-state index contributed by atoms with van der Waals surface area (Å²) in [6.45, 7) is 3.99. The first-order valence-electron chi connectivity index (χ1n) is 13.6. The van der Waals surface area contributed by atoms with Crippen LogP contribution in [0, 0.1) is 11.3 Å². The summed E-state index contributed by atoms with van der Waals surface area (Å²) in [7, 11) is 3.91. The van der Waals surface area contributed by atoms with Crippen molar-refractivity contribution in [3.8, 4) is 11.8 Å². The van der Waals surface area contributed by atoms with Crippen LogP contribution in [0.25, 0.3) is 6.08 Å². The monoisotopic (exact) mass is 656 g/mol. The molecule has 8 nitrogen and oxygen atoms in total. The average molecular weight is 658 g/mol. The third kappa shape index (κ3) is 6.19. The molecule has 5 rings (SSSR count). The van der Waals surface area contributed by atoms with Gasteiger partial charge in [-0.3, -0.25) is 9.36 Å². The van der Waals surface area contributed by atoms with Crippen molar-refractivity contribution in [1.82, 2.24) is 4.57 Å². The standard InChI is InChI=1S/C33H29BrN4O4S/c1-5-41-32(40)29-20(2)36-33-38(30(29)22-11-13-25(14-12-22)37(3)4)31(39)28(43-33)17-21-10-15-27(26(34)16-21)42-19-24-9-7-6-8-23(24)18-35/h6-17,30H,5,19H2,1-4H3/b28-17+/t30-/m0/s1. The SMILES string of the molecule is CCOC(=O)C1=C(C)N=c2s/c(=C/c3ccc(OCc4ccccc4C#N)c(Br)c3)c(=O)n2[C@H]1c1ccc(N(C)C)cc1. The first-order valence-corrected chi connectivity index (χ1v) is 15.2. The summed E-state index contributed by atoms with van der Waals surface area (Å²) >= 11 is 4.85. The van der Waals surface area contributed by atoms with E-state index in [1.165, 1.54) is 11.3 Å². The van der Waals surface area contributed by atoms with E-state index >= 15 is 0 Å². The number of aromatic nitrogens is 1. The number of fused-ring (bicyclic) bond motifs is 1. The predicted octanol–water partition coefficient (Wildman–Crippen LogP) is 5.08. The zero-order chi connectivity index (χ0) is 30.7. The van der Waals surface area contributed by atoms with Gasteiger partial charge >= 0.3 is 5.97 Å². The number of hydrogen-bond donors (Lipinski definition) is 0. The van der Waals surface area contributed by atoms with E-state index < -0.39 is 12.0 Å². The number of nitriles is 1. The van der Waals surface area contributed by atoms with Crippen molar-refractivity contribution in [1.29, 1.82) is 5.26 Å². The lowest BCUT2D eigenvalue weighted by atomic mass is 9.95. The summed E-state index contributed by atoms with van der Waals surface area (Å²) in [5.74, 6) is 0.124. The summed E-state index contributed by atoms with van der Waals surface area (Å²) in [5, 5.41) is 9.34. The number of halogens is 1. The molecule has 0 amide bonds. The van der Waals surface area contributed by atoms with Crippen molar-refractivity contribution in [2.45, 2.75) is 26.5 Å². The molecule has 1 atom stereocenters. The quantitative estimate of drug-likeness (QED) is 0.246. The molecule has 0 N–H and O–H groups in total. The minimum atomic E-state index is -0.674. The summed E-state index contributed by atoms with van der Waals surface area (Å²) in [5.41, 5.74) is 4.57. The fourth-order valence-electron chi connectivity index (χ4n) is 4.85. The first kappa shape index (κ1) is 30.0. The number of rotatable bonds is 8. The number of carbonyl (C=O) groups is 1. The molecule has 0 saturated carbocycles. The van der Waals surface area contributed by atoms with Crippen molar-refractivity contribution in [3.63, 3.8) is 0 Å². The van der Waals surface area contributed by atoms with Crippen LogP contribution in [0.5, 0.6) is 5.75 Å². The summed E-state index contributed by atoms with van der Waals surface area (Å²) < 4.78 is 14.1. The molecule has 4 aromatic rings. The Bertz CT molecular complexity index is 1950. The van der Waals surface area contributed by atoms with E-state index in [0.29, 0.717) is 36.4 Å². The van der Waals surface area contributed by atoms with E-state index in [4.69, 9.17) is 9.47 Å². The van der Waals surface area contributed by atoms with E-state index in [2.05, 4.69) is 27.0 Å². The van der Waals surface area contributed by atoms with E-state index in [1.54, 1.807) is 30.6 Å². The largest absolute Gasteiger partial charge is 0.488 e. The maximum atomic E-state index is 13.9. The van der Waals surface area contributed by atoms with Gasteiger partial charge in [-0.25, -0.2) is 9.79 Å². The molecule has 43 heavy (non-hydrogen) atoms. The van der Waals surface area contributed by atoms with Gasteiger partial charge in [0.25, 0.3) is 5.56 Å². The second-order valence-corrected chi connectivity index (χ2v) is 11.9. The van der Waals surface area contributed by atoms with Gasteiger partial charge in [0.1, 0.15) is 12.4 Å². The number of ether oxygens (including phenoxy) is 2. The van der Waals surface area contributed by atoms with Gasteiger partial charge in [0.2, 0.25) is 0 Å². The smallest absolute Gasteiger partial charge is 0.338 e.